The van der Waals surface area contributed by atoms with Gasteiger partial charge in [0.15, 0.2) is 0 Å². The third-order valence-electron chi connectivity index (χ3n) is 26.5. The van der Waals surface area contributed by atoms with Crippen molar-refractivity contribution in [1.82, 2.24) is 0 Å². The maximum atomic E-state index is 2.41. The van der Waals surface area contributed by atoms with Gasteiger partial charge in [-0.05, 0) is 285 Å². The molecule has 0 aliphatic heterocycles. The van der Waals surface area contributed by atoms with Crippen LogP contribution in [0.4, 0.5) is 0 Å². The van der Waals surface area contributed by atoms with Gasteiger partial charge in [-0.3, -0.25) is 0 Å². The first kappa shape index (κ1) is 92.5. The predicted octanol–water partition coefficient (Wildman–Crippen LogP) is 34.0. The first-order chi connectivity index (χ1) is 46.1. The summed E-state index contributed by atoms with van der Waals surface area (Å²) >= 11 is 0. The Balaban J connectivity index is 0.000000261. The number of fused-ring (bicyclic) bond motifs is 5. The molecule has 0 aromatic heterocycles. The fourth-order valence-electron chi connectivity index (χ4n) is 20.3. The Morgan fingerprint density at radius 1 is 0.196 bits per heavy atom. The predicted molar refractivity (Wildman–Crippen MR) is 456 cm³/mol. The minimum absolute atomic E-state index is 0. The van der Waals surface area contributed by atoms with Gasteiger partial charge in [0.05, 0.1) is 0 Å². The van der Waals surface area contributed by atoms with Gasteiger partial charge in [0.25, 0.3) is 0 Å². The molecule has 14 aliphatic rings. The van der Waals surface area contributed by atoms with E-state index in [0.29, 0.717) is 65.0 Å². The smallest absolute Gasteiger partial charge is 0 e. The van der Waals surface area contributed by atoms with E-state index in [1.807, 2.05) is 69.2 Å². The normalized spacial score (nSPS) is 23.1. The van der Waals surface area contributed by atoms with Crippen molar-refractivity contribution in [2.45, 2.75) is 444 Å². The van der Waals surface area contributed by atoms with Crippen LogP contribution in [0, 0.1) is 81.7 Å². The van der Waals surface area contributed by atoms with E-state index in [2.05, 4.69) is 215 Å². The molecule has 0 aromatic carbocycles. The van der Waals surface area contributed by atoms with Crippen molar-refractivity contribution in [1.29, 1.82) is 0 Å². The average Bonchev–Trinajstić information content (AvgIpc) is 1.58. The molecule has 0 unspecified atom stereocenters. The monoisotopic (exact) mass is 1570 g/mol. The van der Waals surface area contributed by atoms with Gasteiger partial charge in [-0.15, -0.1) is 0 Å². The fourth-order valence-corrected chi connectivity index (χ4v) is 20.3. The summed E-state index contributed by atoms with van der Waals surface area (Å²) < 4.78 is 0. The van der Waals surface area contributed by atoms with Gasteiger partial charge in [0.1, 0.15) is 0 Å². The van der Waals surface area contributed by atoms with Crippen molar-refractivity contribution in [3.05, 3.63) is 111 Å². The van der Waals surface area contributed by atoms with E-state index < -0.39 is 0 Å². The van der Waals surface area contributed by atoms with E-state index in [0.717, 1.165) is 16.7 Å². The maximum absolute atomic E-state index is 2.41. The van der Waals surface area contributed by atoms with Crippen molar-refractivity contribution in [3.8, 4) is 0 Å². The van der Waals surface area contributed by atoms with Gasteiger partial charge in [-0.1, -0.05) is 352 Å². The maximum Gasteiger partial charge on any atom is 0 e. The van der Waals surface area contributed by atoms with Crippen LogP contribution in [0.2, 0.25) is 0 Å². The minimum Gasteiger partial charge on any atom is -0.0683 e. The SMILES string of the molecule is CC.CC.CC.CC.CC.CC(C)(C)C1=C2CC3(CC3)CC2=C(C(C)(C)C)C1.CC(C)(C)C1=C2CC3(CC3)CC2=C(C(C)(C)C)C1.CC(C)(C)C1=C2CC3(CCC3)CC2=C(C(C)(C)C)C1.CC(C)(C)C1=C2CC3(CCC3)CC2=C(C(C)(C)C)C1.CC1CC2=C(C(C)(C)C)CC(C(C)(C)C)=C2C1.[W]. The van der Waals surface area contributed by atoms with Crippen molar-refractivity contribution in [3.63, 3.8) is 0 Å². The van der Waals surface area contributed by atoms with Crippen molar-refractivity contribution >= 4 is 0 Å². The first-order valence-corrected chi connectivity index (χ1v) is 43.4. The fraction of sp³-hybridized carbons (Fsp3) is 0.802. The van der Waals surface area contributed by atoms with E-state index in [9.17, 15) is 0 Å². The molecule has 1 heteroatoms. The van der Waals surface area contributed by atoms with Crippen LogP contribution < -0.4 is 0 Å². The summed E-state index contributed by atoms with van der Waals surface area (Å²) in [5, 5.41) is 0. The van der Waals surface area contributed by atoms with Gasteiger partial charge in [-0.2, -0.15) is 0 Å². The third-order valence-corrected chi connectivity index (χ3v) is 26.5. The van der Waals surface area contributed by atoms with E-state index in [4.69, 9.17) is 0 Å². The number of rotatable bonds is 0. The molecule has 0 saturated heterocycles. The Bertz CT molecular complexity index is 2890. The topological polar surface area (TPSA) is 0 Å². The van der Waals surface area contributed by atoms with Gasteiger partial charge in [-0.25, -0.2) is 0 Å². The summed E-state index contributed by atoms with van der Waals surface area (Å²) in [6.45, 7) is 94.3. The summed E-state index contributed by atoms with van der Waals surface area (Å²) in [6, 6.07) is 0. The van der Waals surface area contributed by atoms with Crippen LogP contribution in [-0.4, -0.2) is 0 Å². The number of hydrogen-bond acceptors (Lipinski definition) is 0. The van der Waals surface area contributed by atoms with Crippen LogP contribution in [0.1, 0.15) is 444 Å². The molecule has 14 rings (SSSR count). The van der Waals surface area contributed by atoms with Crippen LogP contribution >= 0.6 is 0 Å². The molecular weight excluding hydrogens is 1400 g/mol. The van der Waals surface area contributed by atoms with Gasteiger partial charge in [0.2, 0.25) is 0 Å². The molecule has 0 amide bonds. The second-order valence-electron chi connectivity index (χ2n) is 44.6. The van der Waals surface area contributed by atoms with Crippen molar-refractivity contribution in [2.24, 2.45) is 81.7 Å². The Labute approximate surface area is 654 Å². The second kappa shape index (κ2) is 33.0. The standard InChI is InChI=1S/2C19H30.2C18H28.C17H28.5C2H6.W/c2*1-17(2,3)15-10-16(18(4,5)6)14-12-19(8-7-9-19)11-13(14)15;2*1-16(2,3)14-9-15(17(4,5)6)13-11-18(7-8-18)10-12(13)14;1-11-8-12-13(9-11)15(17(5,6)7)10-14(12)16(2,3)4;5*1-2;/h2*7-12H2,1-6H3;2*7-11H2,1-6H3;11H,8-10H2,1-7H3;5*1-2H3;. The van der Waals surface area contributed by atoms with E-state index >= 15 is 0 Å². The van der Waals surface area contributed by atoms with Crippen molar-refractivity contribution in [2.75, 3.05) is 0 Å². The minimum atomic E-state index is 0. The molecule has 102 heavy (non-hydrogen) atoms. The Morgan fingerprint density at radius 2 is 0.314 bits per heavy atom. The Kier molecular flexibility index (Phi) is 29.9. The van der Waals surface area contributed by atoms with Gasteiger partial charge >= 0.3 is 0 Å². The van der Waals surface area contributed by atoms with E-state index in [1.165, 1.54) is 161 Å². The molecule has 9 saturated carbocycles. The summed E-state index contributed by atoms with van der Waals surface area (Å²) in [6.07, 6.45) is 34.9. The molecular formula is C101H174W. The molecule has 0 heterocycles. The molecule has 0 aromatic rings. The quantitative estimate of drug-likeness (QED) is 0.227. The summed E-state index contributed by atoms with van der Waals surface area (Å²) in [7, 11) is 0. The Hall–Kier alpha value is -1.91. The van der Waals surface area contributed by atoms with E-state index in [1.54, 1.807) is 111 Å². The zero-order valence-electron chi connectivity index (χ0n) is 76.7. The third kappa shape index (κ3) is 20.6. The van der Waals surface area contributed by atoms with Gasteiger partial charge in [0, 0.05) is 21.1 Å². The molecule has 0 nitrogen and oxygen atoms in total. The second-order valence-corrected chi connectivity index (χ2v) is 44.6. The summed E-state index contributed by atoms with van der Waals surface area (Å²) in [4.78, 5) is 0. The van der Waals surface area contributed by atoms with Crippen LogP contribution in [0.25, 0.3) is 0 Å². The first-order valence-electron chi connectivity index (χ1n) is 43.4. The largest absolute Gasteiger partial charge is 0.0683 e. The Morgan fingerprint density at radius 3 is 0.412 bits per heavy atom. The van der Waals surface area contributed by atoms with E-state index in [-0.39, 0.29) is 21.1 Å². The zero-order chi connectivity index (χ0) is 77.8. The molecule has 4 spiro atoms. The molecule has 14 aliphatic carbocycles. The van der Waals surface area contributed by atoms with Crippen LogP contribution in [0.3, 0.4) is 0 Å². The molecule has 0 radical (unpaired) electrons. The van der Waals surface area contributed by atoms with Gasteiger partial charge < -0.3 is 0 Å². The molecule has 0 N–H and O–H groups in total. The van der Waals surface area contributed by atoms with Crippen LogP contribution in [-0.2, 0) is 21.1 Å². The van der Waals surface area contributed by atoms with Crippen molar-refractivity contribution < 1.29 is 21.1 Å². The number of allylic oxidation sites excluding steroid dienone is 20. The summed E-state index contributed by atoms with van der Waals surface area (Å²) in [5.74, 6) is 0.856. The van der Waals surface area contributed by atoms with Crippen LogP contribution in [0.5, 0.6) is 0 Å². The summed E-state index contributed by atoms with van der Waals surface area (Å²) in [5.41, 5.74) is 41.6. The molecule has 9 fully saturated rings. The molecule has 0 bridgehead atoms. The van der Waals surface area contributed by atoms with Crippen LogP contribution in [0.15, 0.2) is 111 Å². The average molecular weight is 1570 g/mol. The number of hydrogen-bond donors (Lipinski definition) is 0. The zero-order valence-corrected chi connectivity index (χ0v) is 79.6. The molecule has 584 valence electrons. The molecule has 0 atom stereocenters.